The van der Waals surface area contributed by atoms with E-state index in [1.807, 2.05) is 6.20 Å². The number of nitrogens with zero attached hydrogens (tertiary/aromatic N) is 2. The molecular weight excluding hydrogens is 342 g/mol. The molecule has 27 heavy (non-hydrogen) atoms. The molecule has 0 bridgehead atoms. The lowest BCUT2D eigenvalue weighted by atomic mass is 9.89. The molecule has 1 aromatic heterocycles. The molecule has 146 valence electrons. The molecule has 0 spiro atoms. The van der Waals surface area contributed by atoms with Crippen LogP contribution >= 0.6 is 0 Å². The second kappa shape index (κ2) is 8.57. The quantitative estimate of drug-likeness (QED) is 0.760. The largest absolute Gasteiger partial charge is 0.496 e. The summed E-state index contributed by atoms with van der Waals surface area (Å²) < 4.78 is 12.6. The van der Waals surface area contributed by atoms with Crippen LogP contribution in [0.5, 0.6) is 5.75 Å². The van der Waals surface area contributed by atoms with Crippen LogP contribution in [0.2, 0.25) is 0 Å². The number of ether oxygens (including phenoxy) is 2. The fourth-order valence-electron chi connectivity index (χ4n) is 3.88. The van der Waals surface area contributed by atoms with E-state index in [-0.39, 0.29) is 5.91 Å². The molecule has 1 atom stereocenters. The van der Waals surface area contributed by atoms with Gasteiger partial charge in [0.2, 0.25) is 0 Å². The number of hydrogen-bond acceptors (Lipinski definition) is 4. The van der Waals surface area contributed by atoms with Crippen molar-refractivity contribution < 1.29 is 14.3 Å². The first-order valence-corrected chi connectivity index (χ1v) is 9.51. The number of fused-ring (bicyclic) bond motifs is 1. The highest BCUT2D eigenvalue weighted by atomic mass is 16.5. The Bertz CT molecular complexity index is 790. The number of carbonyl (C=O) groups excluding carboxylic acids is 1. The third-order valence-corrected chi connectivity index (χ3v) is 5.19. The van der Waals surface area contributed by atoms with Gasteiger partial charge in [0.25, 0.3) is 5.91 Å². The fraction of sp³-hybridized carbons (Fsp3) is 0.524. The molecule has 1 aliphatic heterocycles. The average molecular weight is 371 g/mol. The zero-order valence-electron chi connectivity index (χ0n) is 16.7. The smallest absolute Gasteiger partial charge is 0.271 e. The highest BCUT2D eigenvalue weighted by Crippen LogP contribution is 2.33. The Morgan fingerprint density at radius 3 is 2.70 bits per heavy atom. The Kier molecular flexibility index (Phi) is 6.16. The third kappa shape index (κ3) is 4.33. The van der Waals surface area contributed by atoms with Crippen molar-refractivity contribution in [1.29, 1.82) is 0 Å². The molecule has 6 heteroatoms. The summed E-state index contributed by atoms with van der Waals surface area (Å²) >= 11 is 0. The number of rotatable bonds is 7. The molecule has 2 aromatic rings. The summed E-state index contributed by atoms with van der Waals surface area (Å²) in [6, 6.07) is 4.45. The van der Waals surface area contributed by atoms with E-state index < -0.39 is 0 Å². The average Bonchev–Trinajstić information content (AvgIpc) is 3.08. The Morgan fingerprint density at radius 2 is 2.04 bits per heavy atom. The number of aryl methyl sites for hydroxylation is 3. The van der Waals surface area contributed by atoms with Crippen molar-refractivity contribution >= 4 is 5.91 Å². The molecular formula is C21H29N3O3. The maximum atomic E-state index is 12.3. The lowest BCUT2D eigenvalue weighted by Gasteiger charge is -2.25. The number of aromatic nitrogens is 2. The van der Waals surface area contributed by atoms with Crippen LogP contribution in [0.1, 0.15) is 51.8 Å². The first kappa shape index (κ1) is 19.4. The van der Waals surface area contributed by atoms with Crippen molar-refractivity contribution in [3.63, 3.8) is 0 Å². The molecule has 0 radical (unpaired) electrons. The van der Waals surface area contributed by atoms with Gasteiger partial charge in [0, 0.05) is 45.3 Å². The van der Waals surface area contributed by atoms with Gasteiger partial charge in [-0.1, -0.05) is 12.1 Å². The Labute approximate surface area is 160 Å². The summed E-state index contributed by atoms with van der Waals surface area (Å²) in [4.78, 5) is 16.8. The van der Waals surface area contributed by atoms with E-state index in [1.54, 1.807) is 14.2 Å². The predicted octanol–water partition coefficient (Wildman–Crippen LogP) is 3.00. The van der Waals surface area contributed by atoms with Gasteiger partial charge in [0.05, 0.1) is 7.11 Å². The van der Waals surface area contributed by atoms with Crippen LogP contribution < -0.4 is 10.1 Å². The minimum atomic E-state index is -0.110. The van der Waals surface area contributed by atoms with Gasteiger partial charge in [0.15, 0.2) is 0 Å². The number of nitrogens with one attached hydrogen (secondary N) is 1. The van der Waals surface area contributed by atoms with Crippen LogP contribution in [-0.4, -0.2) is 42.8 Å². The summed E-state index contributed by atoms with van der Waals surface area (Å²) in [6.07, 6.45) is 4.60. The van der Waals surface area contributed by atoms with Crippen LogP contribution in [-0.2, 0) is 17.7 Å². The molecule has 1 N–H and O–H groups in total. The van der Waals surface area contributed by atoms with E-state index in [4.69, 9.17) is 9.47 Å². The second-order valence-corrected chi connectivity index (χ2v) is 7.22. The van der Waals surface area contributed by atoms with Gasteiger partial charge in [-0.3, -0.25) is 4.79 Å². The molecule has 0 saturated carbocycles. The van der Waals surface area contributed by atoms with Crippen LogP contribution in [0.15, 0.2) is 18.3 Å². The van der Waals surface area contributed by atoms with E-state index in [1.165, 1.54) is 16.7 Å². The zero-order valence-corrected chi connectivity index (χ0v) is 16.7. The van der Waals surface area contributed by atoms with E-state index in [2.05, 4.69) is 40.8 Å². The van der Waals surface area contributed by atoms with Crippen molar-refractivity contribution in [2.75, 3.05) is 27.4 Å². The zero-order chi connectivity index (χ0) is 19.4. The van der Waals surface area contributed by atoms with E-state index in [0.717, 1.165) is 37.4 Å². The van der Waals surface area contributed by atoms with Gasteiger partial charge >= 0.3 is 0 Å². The molecule has 1 aliphatic rings. The van der Waals surface area contributed by atoms with Gasteiger partial charge in [-0.05, 0) is 43.4 Å². The van der Waals surface area contributed by atoms with Gasteiger partial charge in [0.1, 0.15) is 17.3 Å². The van der Waals surface area contributed by atoms with Gasteiger partial charge < -0.3 is 19.4 Å². The highest BCUT2D eigenvalue weighted by molar-refractivity contribution is 5.92. The van der Waals surface area contributed by atoms with Gasteiger partial charge in [-0.2, -0.15) is 0 Å². The van der Waals surface area contributed by atoms with Crippen molar-refractivity contribution in [2.24, 2.45) is 0 Å². The van der Waals surface area contributed by atoms with Crippen molar-refractivity contribution in [1.82, 2.24) is 14.9 Å². The Balaban J connectivity index is 1.70. The molecule has 0 aliphatic carbocycles. The number of hydrogen-bond donors (Lipinski definition) is 1. The molecule has 2 heterocycles. The monoisotopic (exact) mass is 371 g/mol. The number of amides is 1. The maximum absolute atomic E-state index is 12.3. The van der Waals surface area contributed by atoms with Crippen LogP contribution in [0.4, 0.5) is 0 Å². The lowest BCUT2D eigenvalue weighted by molar-refractivity contribution is 0.0944. The lowest BCUT2D eigenvalue weighted by Crippen LogP contribution is -2.25. The second-order valence-electron chi connectivity index (χ2n) is 7.22. The third-order valence-electron chi connectivity index (χ3n) is 5.19. The minimum Gasteiger partial charge on any atom is -0.496 e. The van der Waals surface area contributed by atoms with Crippen LogP contribution in [0, 0.1) is 13.8 Å². The van der Waals surface area contributed by atoms with Crippen molar-refractivity contribution in [2.45, 2.75) is 45.6 Å². The highest BCUT2D eigenvalue weighted by Gasteiger charge is 2.24. The Hall–Kier alpha value is -2.34. The summed E-state index contributed by atoms with van der Waals surface area (Å²) in [5.41, 5.74) is 4.17. The van der Waals surface area contributed by atoms with E-state index in [0.29, 0.717) is 24.8 Å². The summed E-state index contributed by atoms with van der Waals surface area (Å²) in [6.45, 7) is 6.27. The van der Waals surface area contributed by atoms with Crippen molar-refractivity contribution in [3.05, 3.63) is 46.5 Å². The maximum Gasteiger partial charge on any atom is 0.271 e. The number of imidazole rings is 1. The number of benzene rings is 1. The minimum absolute atomic E-state index is 0.110. The van der Waals surface area contributed by atoms with Crippen molar-refractivity contribution in [3.8, 4) is 5.75 Å². The van der Waals surface area contributed by atoms with E-state index in [9.17, 15) is 4.79 Å². The molecule has 0 fully saturated rings. The molecule has 6 nitrogen and oxygen atoms in total. The predicted molar refractivity (Wildman–Crippen MR) is 105 cm³/mol. The SMILES string of the molecule is COCCCNC(=O)c1cn2c(n1)CCC(c1cc(C)c(OC)c(C)c1)C2. The number of carbonyl (C=O) groups is 1. The standard InChI is InChI=1S/C21H29N3O3/c1-14-10-17(11-15(2)20(14)27-4)16-6-7-19-23-18(13-24(19)12-16)21(25)22-8-5-9-26-3/h10-11,13,16H,5-9,12H2,1-4H3,(H,22,25). The first-order chi connectivity index (χ1) is 13.0. The van der Waals surface area contributed by atoms with Gasteiger partial charge in [-0.25, -0.2) is 4.98 Å². The number of methoxy groups -OCH3 is 2. The summed E-state index contributed by atoms with van der Waals surface area (Å²) in [5, 5.41) is 2.90. The van der Waals surface area contributed by atoms with Crippen LogP contribution in [0.25, 0.3) is 0 Å². The first-order valence-electron chi connectivity index (χ1n) is 9.51. The topological polar surface area (TPSA) is 65.4 Å². The Morgan fingerprint density at radius 1 is 1.30 bits per heavy atom. The molecule has 1 amide bonds. The molecule has 1 unspecified atom stereocenters. The molecule has 1 aromatic carbocycles. The fourth-order valence-corrected chi connectivity index (χ4v) is 3.88. The molecule has 3 rings (SSSR count). The normalized spacial score (nSPS) is 16.1. The summed E-state index contributed by atoms with van der Waals surface area (Å²) in [7, 11) is 3.38. The van der Waals surface area contributed by atoms with Gasteiger partial charge in [-0.15, -0.1) is 0 Å². The molecule has 0 saturated heterocycles. The summed E-state index contributed by atoms with van der Waals surface area (Å²) in [5.74, 6) is 2.27. The van der Waals surface area contributed by atoms with Crippen LogP contribution in [0.3, 0.4) is 0 Å². The van der Waals surface area contributed by atoms with E-state index >= 15 is 0 Å².